The molecule has 1 aromatic heterocycles. The maximum Gasteiger partial charge on any atom is 0.253 e. The van der Waals surface area contributed by atoms with Crippen molar-refractivity contribution in [3.63, 3.8) is 0 Å². The molecular formula is C22H23Cl3N4OS. The van der Waals surface area contributed by atoms with Gasteiger partial charge in [-0.15, -0.1) is 10.2 Å². The van der Waals surface area contributed by atoms with E-state index in [1.54, 1.807) is 42.1 Å². The first-order chi connectivity index (χ1) is 14.8. The first-order valence-corrected chi connectivity index (χ1v) is 11.9. The monoisotopic (exact) mass is 496 g/mol. The van der Waals surface area contributed by atoms with Gasteiger partial charge in [-0.1, -0.05) is 78.6 Å². The van der Waals surface area contributed by atoms with Gasteiger partial charge in [0, 0.05) is 12.8 Å². The number of nitrogens with zero attached hydrogens (tertiary/aromatic N) is 3. The number of benzene rings is 2. The van der Waals surface area contributed by atoms with Crippen LogP contribution >= 0.6 is 46.6 Å². The fraction of sp³-hybridized carbons (Fsp3) is 0.318. The van der Waals surface area contributed by atoms with E-state index in [1.165, 1.54) is 0 Å². The highest BCUT2D eigenvalue weighted by molar-refractivity contribution is 7.98. The molecule has 0 aliphatic rings. The van der Waals surface area contributed by atoms with Gasteiger partial charge in [-0.25, -0.2) is 0 Å². The van der Waals surface area contributed by atoms with Gasteiger partial charge >= 0.3 is 0 Å². The third-order valence-corrected chi connectivity index (χ3v) is 6.82. The lowest BCUT2D eigenvalue weighted by molar-refractivity contribution is 0.0929. The summed E-state index contributed by atoms with van der Waals surface area (Å²) >= 11 is 19.8. The Morgan fingerprint density at radius 1 is 1.06 bits per heavy atom. The van der Waals surface area contributed by atoms with Gasteiger partial charge in [0.05, 0.1) is 26.7 Å². The van der Waals surface area contributed by atoms with Crippen molar-refractivity contribution < 1.29 is 4.79 Å². The van der Waals surface area contributed by atoms with Gasteiger partial charge in [0.15, 0.2) is 11.0 Å². The first-order valence-electron chi connectivity index (χ1n) is 9.77. The highest BCUT2D eigenvalue weighted by atomic mass is 35.5. The van der Waals surface area contributed by atoms with Crippen LogP contribution in [0.4, 0.5) is 0 Å². The molecule has 0 radical (unpaired) electrons. The zero-order valence-corrected chi connectivity index (χ0v) is 20.5. The zero-order valence-electron chi connectivity index (χ0n) is 17.4. The minimum Gasteiger partial charge on any atom is -0.342 e. The predicted octanol–water partition coefficient (Wildman–Crippen LogP) is 6.58. The van der Waals surface area contributed by atoms with Gasteiger partial charge in [0.2, 0.25) is 0 Å². The third-order valence-electron chi connectivity index (χ3n) is 4.66. The van der Waals surface area contributed by atoms with E-state index < -0.39 is 0 Å². The second kappa shape index (κ2) is 10.7. The van der Waals surface area contributed by atoms with Crippen molar-refractivity contribution in [1.82, 2.24) is 20.1 Å². The molecular weight excluding hydrogens is 475 g/mol. The van der Waals surface area contributed by atoms with E-state index in [2.05, 4.69) is 29.4 Å². The molecule has 3 aromatic rings. The van der Waals surface area contributed by atoms with E-state index in [0.29, 0.717) is 38.1 Å². The first kappa shape index (κ1) is 23.9. The van der Waals surface area contributed by atoms with Crippen LogP contribution in [0.2, 0.25) is 15.1 Å². The second-order valence-corrected chi connectivity index (χ2v) is 9.74. The average Bonchev–Trinajstić information content (AvgIpc) is 3.08. The molecule has 2 aromatic carbocycles. The van der Waals surface area contributed by atoms with Crippen LogP contribution < -0.4 is 5.32 Å². The molecule has 164 valence electrons. The molecule has 1 atom stereocenters. The molecule has 31 heavy (non-hydrogen) atoms. The average molecular weight is 498 g/mol. The Labute approximate surface area is 201 Å². The van der Waals surface area contributed by atoms with Gasteiger partial charge in [-0.2, -0.15) is 0 Å². The standard InChI is InChI=1S/C22H23Cl3N4OS/c1-13(2)10-19(26-21(30)15-6-4-5-7-16(15)23)20-27-28-22(29(20)3)31-12-14-8-9-17(24)18(25)11-14/h4-9,11,13,19H,10,12H2,1-3H3,(H,26,30). The minimum absolute atomic E-state index is 0.232. The van der Waals surface area contributed by atoms with Gasteiger partial charge in [-0.3, -0.25) is 4.79 Å². The van der Waals surface area contributed by atoms with Crippen molar-refractivity contribution in [2.45, 2.75) is 37.2 Å². The van der Waals surface area contributed by atoms with Crippen molar-refractivity contribution in [3.05, 3.63) is 74.5 Å². The van der Waals surface area contributed by atoms with Crippen LogP contribution in [0.1, 0.15) is 48.1 Å². The quantitative estimate of drug-likeness (QED) is 0.357. The number of hydrogen-bond donors (Lipinski definition) is 1. The summed E-state index contributed by atoms with van der Waals surface area (Å²) in [5.41, 5.74) is 1.48. The van der Waals surface area contributed by atoms with Gasteiger partial charge in [0.25, 0.3) is 5.91 Å². The summed E-state index contributed by atoms with van der Waals surface area (Å²) in [6, 6.07) is 12.3. The topological polar surface area (TPSA) is 59.8 Å². The van der Waals surface area contributed by atoms with Crippen LogP contribution in [0.3, 0.4) is 0 Å². The Balaban J connectivity index is 1.77. The van der Waals surface area contributed by atoms with Crippen molar-refractivity contribution in [1.29, 1.82) is 0 Å². The Kier molecular flexibility index (Phi) is 8.28. The molecule has 0 saturated heterocycles. The summed E-state index contributed by atoms with van der Waals surface area (Å²) in [5, 5.41) is 14.0. The van der Waals surface area contributed by atoms with Crippen molar-refractivity contribution in [3.8, 4) is 0 Å². The van der Waals surface area contributed by atoms with Gasteiger partial charge < -0.3 is 9.88 Å². The number of carbonyl (C=O) groups is 1. The lowest BCUT2D eigenvalue weighted by Crippen LogP contribution is -2.31. The number of amides is 1. The summed E-state index contributed by atoms with van der Waals surface area (Å²) in [4.78, 5) is 12.8. The highest BCUT2D eigenvalue weighted by Gasteiger charge is 2.24. The Morgan fingerprint density at radius 2 is 1.81 bits per heavy atom. The van der Waals surface area contributed by atoms with Crippen LogP contribution in [0.15, 0.2) is 47.6 Å². The van der Waals surface area contributed by atoms with E-state index in [-0.39, 0.29) is 11.9 Å². The maximum absolute atomic E-state index is 12.8. The molecule has 1 amide bonds. The highest BCUT2D eigenvalue weighted by Crippen LogP contribution is 2.29. The SMILES string of the molecule is CC(C)CC(NC(=O)c1ccccc1Cl)c1nnc(SCc2ccc(Cl)c(Cl)c2)n1C. The van der Waals surface area contributed by atoms with E-state index in [4.69, 9.17) is 34.8 Å². The molecule has 0 spiro atoms. The summed E-state index contributed by atoms with van der Waals surface area (Å²) in [5.74, 6) is 1.49. The van der Waals surface area contributed by atoms with Gasteiger partial charge in [-0.05, 0) is 42.2 Å². The molecule has 0 aliphatic heterocycles. The van der Waals surface area contributed by atoms with Crippen molar-refractivity contribution in [2.75, 3.05) is 0 Å². The maximum atomic E-state index is 12.8. The Morgan fingerprint density at radius 3 is 2.48 bits per heavy atom. The summed E-state index contributed by atoms with van der Waals surface area (Å²) < 4.78 is 1.92. The fourth-order valence-electron chi connectivity index (χ4n) is 3.11. The summed E-state index contributed by atoms with van der Waals surface area (Å²) in [7, 11) is 1.90. The number of nitrogens with one attached hydrogen (secondary N) is 1. The third kappa shape index (κ3) is 6.16. The van der Waals surface area contributed by atoms with Crippen LogP contribution in [0.5, 0.6) is 0 Å². The van der Waals surface area contributed by atoms with Crippen LogP contribution in [0.25, 0.3) is 0 Å². The lowest BCUT2D eigenvalue weighted by Gasteiger charge is -2.20. The van der Waals surface area contributed by atoms with Crippen LogP contribution in [-0.2, 0) is 12.8 Å². The number of hydrogen-bond acceptors (Lipinski definition) is 4. The largest absolute Gasteiger partial charge is 0.342 e. The Hall–Kier alpha value is -1.73. The smallest absolute Gasteiger partial charge is 0.253 e. The van der Waals surface area contributed by atoms with E-state index in [9.17, 15) is 4.79 Å². The van der Waals surface area contributed by atoms with Crippen molar-refractivity contribution in [2.24, 2.45) is 13.0 Å². The van der Waals surface area contributed by atoms with Crippen LogP contribution in [-0.4, -0.2) is 20.7 Å². The number of carbonyl (C=O) groups excluding carboxylic acids is 1. The molecule has 0 saturated carbocycles. The molecule has 3 rings (SSSR count). The van der Waals surface area contributed by atoms with Gasteiger partial charge in [0.1, 0.15) is 0 Å². The van der Waals surface area contributed by atoms with Crippen molar-refractivity contribution >= 4 is 52.5 Å². The molecule has 1 unspecified atom stereocenters. The fourth-order valence-corrected chi connectivity index (χ4v) is 4.52. The second-order valence-electron chi connectivity index (χ2n) is 7.57. The summed E-state index contributed by atoms with van der Waals surface area (Å²) in [6.45, 7) is 4.20. The van der Waals surface area contributed by atoms with E-state index in [0.717, 1.165) is 17.1 Å². The lowest BCUT2D eigenvalue weighted by atomic mass is 10.0. The molecule has 0 fully saturated rings. The predicted molar refractivity (Wildman–Crippen MR) is 128 cm³/mol. The minimum atomic E-state index is -0.291. The number of halogens is 3. The normalized spacial score (nSPS) is 12.2. The Bertz CT molecular complexity index is 1070. The van der Waals surface area contributed by atoms with E-state index >= 15 is 0 Å². The van der Waals surface area contributed by atoms with Crippen LogP contribution in [0, 0.1) is 5.92 Å². The molecule has 1 N–H and O–H groups in total. The van der Waals surface area contributed by atoms with E-state index in [1.807, 2.05) is 23.7 Å². The summed E-state index contributed by atoms with van der Waals surface area (Å²) in [6.07, 6.45) is 0.722. The molecule has 0 aliphatic carbocycles. The molecule has 1 heterocycles. The number of aromatic nitrogens is 3. The molecule has 0 bridgehead atoms. The number of thioether (sulfide) groups is 1. The zero-order chi connectivity index (χ0) is 22.5. The molecule has 9 heteroatoms. The number of rotatable bonds is 8. The molecule has 5 nitrogen and oxygen atoms in total.